The maximum absolute atomic E-state index is 15.4. The van der Waals surface area contributed by atoms with Crippen LogP contribution in [0, 0.1) is 17.1 Å². The number of anilines is 2. The maximum atomic E-state index is 15.4. The van der Waals surface area contributed by atoms with Gasteiger partial charge in [0.25, 0.3) is 11.8 Å². The Morgan fingerprint density at radius 1 is 1.12 bits per heavy atom. The molecule has 1 saturated heterocycles. The van der Waals surface area contributed by atoms with E-state index in [-0.39, 0.29) is 28.6 Å². The SMILES string of the molecule is N#Cc1ncc(N2C(=O)C3(CCCC3)N(c3ccc(CNC(=O)c4ccc5[nH]ncc5c4)c(F)c3)C2=S)cc1C(F)(F)F. The van der Waals surface area contributed by atoms with E-state index in [9.17, 15) is 22.8 Å². The zero-order chi connectivity index (χ0) is 30.5. The summed E-state index contributed by atoms with van der Waals surface area (Å²) in [5.41, 5.74) is -1.98. The summed E-state index contributed by atoms with van der Waals surface area (Å²) in [6.07, 6.45) is -0.254. The number of nitrogens with one attached hydrogen (secondary N) is 2. The molecule has 2 amide bonds. The minimum Gasteiger partial charge on any atom is -0.348 e. The quantitative estimate of drug-likeness (QED) is 0.231. The third-order valence-corrected chi connectivity index (χ3v) is 8.19. The third-order valence-electron chi connectivity index (χ3n) is 7.82. The predicted molar refractivity (Wildman–Crippen MR) is 151 cm³/mol. The average molecular weight is 608 g/mol. The minimum absolute atomic E-state index is 0.119. The number of carbonyl (C=O) groups is 2. The van der Waals surface area contributed by atoms with Crippen molar-refractivity contribution in [1.82, 2.24) is 20.5 Å². The number of alkyl halides is 3. The van der Waals surface area contributed by atoms with E-state index < -0.39 is 40.6 Å². The van der Waals surface area contributed by atoms with Gasteiger partial charge in [-0.05, 0) is 61.5 Å². The second kappa shape index (κ2) is 10.4. The largest absolute Gasteiger partial charge is 0.419 e. The number of pyridine rings is 1. The Hall–Kier alpha value is -4.90. The summed E-state index contributed by atoms with van der Waals surface area (Å²) in [5, 5.41) is 19.2. The number of thiocarbonyl (C=S) groups is 1. The lowest BCUT2D eigenvalue weighted by atomic mass is 9.94. The van der Waals surface area contributed by atoms with Gasteiger partial charge >= 0.3 is 6.18 Å². The molecule has 1 saturated carbocycles. The maximum Gasteiger partial charge on any atom is 0.419 e. The Labute approximate surface area is 247 Å². The number of carbonyl (C=O) groups excluding carboxylic acids is 2. The van der Waals surface area contributed by atoms with E-state index in [1.165, 1.54) is 23.1 Å². The van der Waals surface area contributed by atoms with Crippen LogP contribution in [0.3, 0.4) is 0 Å². The number of hydrogen-bond acceptors (Lipinski definition) is 6. The van der Waals surface area contributed by atoms with Crippen LogP contribution in [0.2, 0.25) is 0 Å². The molecule has 218 valence electrons. The Bertz CT molecular complexity index is 1840. The molecule has 1 spiro atoms. The van der Waals surface area contributed by atoms with Crippen LogP contribution in [0.25, 0.3) is 10.9 Å². The van der Waals surface area contributed by atoms with Crippen molar-refractivity contribution in [1.29, 1.82) is 5.26 Å². The Balaban J connectivity index is 1.28. The lowest BCUT2D eigenvalue weighted by molar-refractivity contribution is -0.138. The van der Waals surface area contributed by atoms with E-state index in [4.69, 9.17) is 17.5 Å². The fourth-order valence-corrected chi connectivity index (χ4v) is 6.19. The third kappa shape index (κ3) is 4.75. The number of halogens is 4. The van der Waals surface area contributed by atoms with Crippen LogP contribution in [0.4, 0.5) is 28.9 Å². The topological polar surface area (TPSA) is 118 Å². The van der Waals surface area contributed by atoms with E-state index in [0.29, 0.717) is 37.3 Å². The van der Waals surface area contributed by atoms with Crippen LogP contribution in [0.15, 0.2) is 54.9 Å². The molecule has 14 heteroatoms. The Morgan fingerprint density at radius 2 is 1.88 bits per heavy atom. The number of aromatic amines is 1. The zero-order valence-electron chi connectivity index (χ0n) is 22.2. The zero-order valence-corrected chi connectivity index (χ0v) is 23.0. The molecule has 1 aliphatic carbocycles. The summed E-state index contributed by atoms with van der Waals surface area (Å²) in [5.74, 6) is -1.61. The van der Waals surface area contributed by atoms with Gasteiger partial charge in [-0.15, -0.1) is 0 Å². The van der Waals surface area contributed by atoms with Gasteiger partial charge in [0.15, 0.2) is 10.8 Å². The van der Waals surface area contributed by atoms with Crippen LogP contribution in [0.5, 0.6) is 0 Å². The van der Waals surface area contributed by atoms with Gasteiger partial charge < -0.3 is 10.2 Å². The van der Waals surface area contributed by atoms with Crippen LogP contribution >= 0.6 is 12.2 Å². The molecule has 1 aliphatic heterocycles. The number of hydrogen-bond donors (Lipinski definition) is 2. The number of nitriles is 1. The molecule has 9 nitrogen and oxygen atoms in total. The van der Waals surface area contributed by atoms with Gasteiger partial charge in [-0.25, -0.2) is 9.37 Å². The predicted octanol–water partition coefficient (Wildman–Crippen LogP) is 5.37. The highest BCUT2D eigenvalue weighted by Gasteiger charge is 2.57. The van der Waals surface area contributed by atoms with Gasteiger partial charge in [-0.1, -0.05) is 18.9 Å². The fraction of sp³-hybridized carbons (Fsp3) is 0.241. The molecule has 6 rings (SSSR count). The lowest BCUT2D eigenvalue weighted by Gasteiger charge is -2.32. The molecule has 2 aromatic heterocycles. The van der Waals surface area contributed by atoms with Crippen molar-refractivity contribution >= 4 is 51.4 Å². The molecule has 2 aliphatic rings. The highest BCUT2D eigenvalue weighted by molar-refractivity contribution is 7.81. The molecule has 4 aromatic rings. The van der Waals surface area contributed by atoms with E-state index in [2.05, 4.69) is 20.5 Å². The number of H-pyrrole nitrogens is 1. The first-order chi connectivity index (χ1) is 20.5. The standard InChI is InChI=1S/C29H21F4N7O2S/c30-22-11-19(5-3-17(22)13-36-25(41)16-4-6-23-18(9-16)14-37-38-23)40-27(43)39(26(42)28(40)7-1-2-8-28)20-10-21(29(31,32)33)24(12-34)35-15-20/h3-6,9-11,14-15H,1-2,7-8,13H2,(H,36,41)(H,37,38). The average Bonchev–Trinajstić information content (AvgIpc) is 3.70. The van der Waals surface area contributed by atoms with Gasteiger partial charge in [0.1, 0.15) is 17.4 Å². The number of rotatable bonds is 5. The van der Waals surface area contributed by atoms with Crippen LogP contribution in [-0.2, 0) is 17.5 Å². The number of aromatic nitrogens is 3. The second-order valence-electron chi connectivity index (χ2n) is 10.3. The monoisotopic (exact) mass is 607 g/mol. The molecule has 2 N–H and O–H groups in total. The molecular weight excluding hydrogens is 586 g/mol. The number of nitrogens with zero attached hydrogens (tertiary/aromatic N) is 5. The molecule has 2 fully saturated rings. The van der Waals surface area contributed by atoms with E-state index >= 15 is 4.39 Å². The van der Waals surface area contributed by atoms with Crippen molar-refractivity contribution in [3.63, 3.8) is 0 Å². The molecule has 3 heterocycles. The smallest absolute Gasteiger partial charge is 0.348 e. The van der Waals surface area contributed by atoms with Gasteiger partial charge in [-0.3, -0.25) is 19.6 Å². The van der Waals surface area contributed by atoms with Gasteiger partial charge in [-0.2, -0.15) is 23.5 Å². The summed E-state index contributed by atoms with van der Waals surface area (Å²) >= 11 is 5.62. The van der Waals surface area contributed by atoms with Gasteiger partial charge in [0.05, 0.1) is 29.2 Å². The van der Waals surface area contributed by atoms with Crippen molar-refractivity contribution in [2.24, 2.45) is 0 Å². The fourth-order valence-electron chi connectivity index (χ4n) is 5.72. The highest BCUT2D eigenvalue weighted by atomic mass is 32.1. The second-order valence-corrected chi connectivity index (χ2v) is 10.7. The first-order valence-corrected chi connectivity index (χ1v) is 13.6. The normalized spacial score (nSPS) is 16.3. The van der Waals surface area contributed by atoms with Crippen LogP contribution < -0.4 is 15.1 Å². The summed E-state index contributed by atoms with van der Waals surface area (Å²) < 4.78 is 56.4. The summed E-state index contributed by atoms with van der Waals surface area (Å²) in [6.45, 7) is -0.119. The van der Waals surface area contributed by atoms with E-state index in [0.717, 1.165) is 22.0 Å². The molecular formula is C29H21F4N7O2S. The first kappa shape index (κ1) is 28.2. The molecule has 43 heavy (non-hydrogen) atoms. The molecule has 0 radical (unpaired) electrons. The van der Waals surface area contributed by atoms with Crippen molar-refractivity contribution in [2.75, 3.05) is 9.80 Å². The molecule has 0 unspecified atom stereocenters. The summed E-state index contributed by atoms with van der Waals surface area (Å²) in [7, 11) is 0. The number of fused-ring (bicyclic) bond motifs is 1. The Morgan fingerprint density at radius 3 is 2.58 bits per heavy atom. The Kier molecular flexibility index (Phi) is 6.84. The van der Waals surface area contributed by atoms with Crippen LogP contribution in [0.1, 0.15) is 52.9 Å². The van der Waals surface area contributed by atoms with Crippen LogP contribution in [-0.4, -0.2) is 37.6 Å². The van der Waals surface area contributed by atoms with E-state index in [1.54, 1.807) is 30.5 Å². The molecule has 0 atom stereocenters. The number of amides is 2. The van der Waals surface area contributed by atoms with E-state index in [1.807, 2.05) is 0 Å². The minimum atomic E-state index is -4.89. The lowest BCUT2D eigenvalue weighted by Crippen LogP contribution is -2.47. The molecule has 0 bridgehead atoms. The van der Waals surface area contributed by atoms with Crippen molar-refractivity contribution in [3.8, 4) is 6.07 Å². The van der Waals surface area contributed by atoms with Crippen molar-refractivity contribution in [3.05, 3.63) is 83.1 Å². The summed E-state index contributed by atoms with van der Waals surface area (Å²) in [4.78, 5) is 32.6. The van der Waals surface area contributed by atoms with Gasteiger partial charge in [0, 0.05) is 28.7 Å². The van der Waals surface area contributed by atoms with Crippen molar-refractivity contribution in [2.45, 2.75) is 43.9 Å². The van der Waals surface area contributed by atoms with Crippen molar-refractivity contribution < 1.29 is 27.2 Å². The highest BCUT2D eigenvalue weighted by Crippen LogP contribution is 2.46. The molecule has 2 aromatic carbocycles. The number of benzene rings is 2. The summed E-state index contributed by atoms with van der Waals surface area (Å²) in [6, 6.07) is 11.3. The van der Waals surface area contributed by atoms with Gasteiger partial charge in [0.2, 0.25) is 0 Å². The first-order valence-electron chi connectivity index (χ1n) is 13.2.